The van der Waals surface area contributed by atoms with Crippen molar-refractivity contribution in [3.05, 3.63) is 59.6 Å². The number of sulfonamides is 1. The summed E-state index contributed by atoms with van der Waals surface area (Å²) >= 11 is 7.59. The number of thioether (sulfide) groups is 1. The van der Waals surface area contributed by atoms with E-state index < -0.39 is 10.0 Å². The van der Waals surface area contributed by atoms with E-state index in [2.05, 4.69) is 0 Å². The number of benzene rings is 2. The van der Waals surface area contributed by atoms with Crippen LogP contribution in [0, 0.1) is 0 Å². The lowest BCUT2D eigenvalue weighted by molar-refractivity contribution is -0.131. The lowest BCUT2D eigenvalue weighted by atomic mass is 10.3. The van der Waals surface area contributed by atoms with Gasteiger partial charge in [-0.1, -0.05) is 41.9 Å². The quantitative estimate of drug-likeness (QED) is 0.690. The Kier molecular flexibility index (Phi) is 6.47. The molecule has 0 spiro atoms. The normalized spacial score (nSPS) is 16.9. The lowest BCUT2D eigenvalue weighted by Gasteiger charge is -2.35. The van der Waals surface area contributed by atoms with Crippen molar-refractivity contribution in [2.75, 3.05) is 26.2 Å². The van der Waals surface area contributed by atoms with Gasteiger partial charge in [0.2, 0.25) is 15.9 Å². The highest BCUT2D eigenvalue weighted by atomic mass is 35.5. The van der Waals surface area contributed by atoms with E-state index in [-0.39, 0.29) is 16.1 Å². The molecule has 5 nitrogen and oxygen atoms in total. The van der Waals surface area contributed by atoms with Gasteiger partial charge in [-0.25, -0.2) is 8.42 Å². The van der Waals surface area contributed by atoms with Crippen molar-refractivity contribution in [3.8, 4) is 0 Å². The molecule has 144 valence electrons. The highest BCUT2D eigenvalue weighted by Crippen LogP contribution is 2.31. The molecule has 1 saturated heterocycles. The Morgan fingerprint density at radius 3 is 2.22 bits per heavy atom. The first-order chi connectivity index (χ1) is 12.9. The third-order valence-electron chi connectivity index (χ3n) is 4.42. The van der Waals surface area contributed by atoms with E-state index in [1.54, 1.807) is 41.3 Å². The molecule has 1 amide bonds. The Hall–Kier alpha value is -1.54. The Balaban J connectivity index is 1.60. The molecular formula is C19H21ClN2O3S2. The van der Waals surface area contributed by atoms with Crippen molar-refractivity contribution in [1.29, 1.82) is 0 Å². The summed E-state index contributed by atoms with van der Waals surface area (Å²) in [6.07, 6.45) is 0. The maximum absolute atomic E-state index is 12.7. The van der Waals surface area contributed by atoms with Gasteiger partial charge in [0.15, 0.2) is 0 Å². The molecule has 8 heteroatoms. The van der Waals surface area contributed by atoms with Gasteiger partial charge < -0.3 is 4.90 Å². The number of halogens is 1. The summed E-state index contributed by atoms with van der Waals surface area (Å²) in [5, 5.41) is 0.336. The first kappa shape index (κ1) is 20.2. The van der Waals surface area contributed by atoms with Crippen LogP contribution in [-0.2, 0) is 14.8 Å². The molecule has 3 rings (SSSR count). The van der Waals surface area contributed by atoms with Gasteiger partial charge in [-0.15, -0.1) is 11.8 Å². The maximum Gasteiger partial charge on any atom is 0.243 e. The van der Waals surface area contributed by atoms with Crippen LogP contribution in [0.4, 0.5) is 0 Å². The second kappa shape index (κ2) is 8.65. The molecule has 1 aliphatic heterocycles. The van der Waals surface area contributed by atoms with E-state index in [9.17, 15) is 13.2 Å². The van der Waals surface area contributed by atoms with Gasteiger partial charge in [-0.3, -0.25) is 4.79 Å². The molecular weight excluding hydrogens is 404 g/mol. The smallest absolute Gasteiger partial charge is 0.243 e. The Bertz CT molecular complexity index is 898. The first-order valence-corrected chi connectivity index (χ1v) is 11.3. The van der Waals surface area contributed by atoms with Gasteiger partial charge >= 0.3 is 0 Å². The van der Waals surface area contributed by atoms with Crippen LogP contribution < -0.4 is 0 Å². The first-order valence-electron chi connectivity index (χ1n) is 8.65. The SMILES string of the molecule is CC(Sc1ccccc1Cl)C(=O)N1CCN(S(=O)(=O)c2ccccc2)CC1. The molecule has 2 aromatic rings. The van der Waals surface area contributed by atoms with Crippen molar-refractivity contribution in [3.63, 3.8) is 0 Å². The molecule has 0 saturated carbocycles. The summed E-state index contributed by atoms with van der Waals surface area (Å²) in [7, 11) is -3.51. The van der Waals surface area contributed by atoms with E-state index in [0.29, 0.717) is 31.2 Å². The second-order valence-electron chi connectivity index (χ2n) is 6.23. The van der Waals surface area contributed by atoms with Crippen LogP contribution in [0.15, 0.2) is 64.4 Å². The maximum atomic E-state index is 12.7. The monoisotopic (exact) mass is 424 g/mol. The van der Waals surface area contributed by atoms with E-state index in [0.717, 1.165) is 4.90 Å². The van der Waals surface area contributed by atoms with Crippen LogP contribution in [-0.4, -0.2) is 55.0 Å². The van der Waals surface area contributed by atoms with Crippen LogP contribution >= 0.6 is 23.4 Å². The fraction of sp³-hybridized carbons (Fsp3) is 0.316. The Morgan fingerprint density at radius 1 is 1.00 bits per heavy atom. The molecule has 0 N–H and O–H groups in total. The predicted molar refractivity (Wildman–Crippen MR) is 109 cm³/mol. The summed E-state index contributed by atoms with van der Waals surface area (Å²) in [6, 6.07) is 15.8. The lowest BCUT2D eigenvalue weighted by Crippen LogP contribution is -2.52. The van der Waals surface area contributed by atoms with E-state index >= 15 is 0 Å². The standard InChI is InChI=1S/C19H21ClN2O3S2/c1-15(26-18-10-6-5-9-17(18)20)19(23)21-11-13-22(14-12-21)27(24,25)16-7-3-2-4-8-16/h2-10,15H,11-14H2,1H3. The summed E-state index contributed by atoms with van der Waals surface area (Å²) in [5.41, 5.74) is 0. The Morgan fingerprint density at radius 2 is 1.59 bits per heavy atom. The molecule has 27 heavy (non-hydrogen) atoms. The largest absolute Gasteiger partial charge is 0.339 e. The van der Waals surface area contributed by atoms with Gasteiger partial charge in [0.1, 0.15) is 0 Å². The van der Waals surface area contributed by atoms with Crippen LogP contribution in [0.1, 0.15) is 6.92 Å². The van der Waals surface area contributed by atoms with Crippen molar-refractivity contribution in [2.45, 2.75) is 22.0 Å². The van der Waals surface area contributed by atoms with Crippen molar-refractivity contribution < 1.29 is 13.2 Å². The summed E-state index contributed by atoms with van der Waals surface area (Å²) in [6.45, 7) is 3.22. The summed E-state index contributed by atoms with van der Waals surface area (Å²) in [5.74, 6) is -0.00308. The molecule has 1 heterocycles. The second-order valence-corrected chi connectivity index (χ2v) is 9.96. The number of hydrogen-bond acceptors (Lipinski definition) is 4. The summed E-state index contributed by atoms with van der Waals surface area (Å²) < 4.78 is 26.8. The van der Waals surface area contributed by atoms with Gasteiger partial charge in [0, 0.05) is 31.1 Å². The van der Waals surface area contributed by atoms with Gasteiger partial charge in [-0.05, 0) is 31.2 Å². The zero-order chi connectivity index (χ0) is 19.4. The van der Waals surface area contributed by atoms with Crippen LogP contribution in [0.3, 0.4) is 0 Å². The highest BCUT2D eigenvalue weighted by molar-refractivity contribution is 8.00. The average molecular weight is 425 g/mol. The van der Waals surface area contributed by atoms with E-state index in [1.807, 2.05) is 25.1 Å². The predicted octanol–water partition coefficient (Wildman–Crippen LogP) is 3.35. The third-order valence-corrected chi connectivity index (χ3v) is 7.94. The molecule has 1 aliphatic rings. The topological polar surface area (TPSA) is 57.7 Å². The van der Waals surface area contributed by atoms with E-state index in [4.69, 9.17) is 11.6 Å². The molecule has 0 aliphatic carbocycles. The van der Waals surface area contributed by atoms with Crippen molar-refractivity contribution >= 4 is 39.3 Å². The minimum absolute atomic E-state index is 0.00308. The number of carbonyl (C=O) groups is 1. The number of nitrogens with zero attached hydrogens (tertiary/aromatic N) is 2. The number of piperazine rings is 1. The third kappa shape index (κ3) is 4.66. The fourth-order valence-corrected chi connectivity index (χ4v) is 5.61. The average Bonchev–Trinajstić information content (AvgIpc) is 2.70. The zero-order valence-electron chi connectivity index (χ0n) is 14.9. The van der Waals surface area contributed by atoms with Gasteiger partial charge in [0.05, 0.1) is 15.2 Å². The van der Waals surface area contributed by atoms with Crippen LogP contribution in [0.2, 0.25) is 5.02 Å². The molecule has 0 radical (unpaired) electrons. The highest BCUT2D eigenvalue weighted by Gasteiger charge is 2.31. The number of hydrogen-bond donors (Lipinski definition) is 0. The molecule has 1 unspecified atom stereocenters. The summed E-state index contributed by atoms with van der Waals surface area (Å²) in [4.78, 5) is 15.6. The molecule has 0 aromatic heterocycles. The Labute approximate surface area is 169 Å². The molecule has 0 bridgehead atoms. The fourth-order valence-electron chi connectivity index (χ4n) is 2.93. The molecule has 1 atom stereocenters. The number of rotatable bonds is 5. The van der Waals surface area contributed by atoms with Gasteiger partial charge in [0.25, 0.3) is 0 Å². The van der Waals surface area contributed by atoms with Crippen molar-refractivity contribution in [1.82, 2.24) is 9.21 Å². The van der Waals surface area contributed by atoms with Crippen LogP contribution in [0.5, 0.6) is 0 Å². The number of carbonyl (C=O) groups excluding carboxylic acids is 1. The number of amides is 1. The minimum Gasteiger partial charge on any atom is -0.339 e. The molecule has 2 aromatic carbocycles. The van der Waals surface area contributed by atoms with E-state index in [1.165, 1.54) is 16.1 Å². The minimum atomic E-state index is -3.51. The van der Waals surface area contributed by atoms with Crippen molar-refractivity contribution in [2.24, 2.45) is 0 Å². The van der Waals surface area contributed by atoms with Crippen LogP contribution in [0.25, 0.3) is 0 Å². The molecule has 1 fully saturated rings. The zero-order valence-corrected chi connectivity index (χ0v) is 17.3. The van der Waals surface area contributed by atoms with Gasteiger partial charge in [-0.2, -0.15) is 4.31 Å².